The summed E-state index contributed by atoms with van der Waals surface area (Å²) in [7, 11) is 1.17. The number of carboxylic acids is 1. The van der Waals surface area contributed by atoms with Gasteiger partial charge in [0.05, 0.1) is 20.1 Å². The van der Waals surface area contributed by atoms with Gasteiger partial charge in [-0.25, -0.2) is 9.59 Å². The van der Waals surface area contributed by atoms with Crippen molar-refractivity contribution in [3.8, 4) is 0 Å². The van der Waals surface area contributed by atoms with Gasteiger partial charge >= 0.3 is 17.9 Å². The predicted octanol–water partition coefficient (Wildman–Crippen LogP) is -0.760. The maximum absolute atomic E-state index is 11.1. The molecule has 0 aromatic carbocycles. The molecule has 0 saturated carbocycles. The lowest BCUT2D eigenvalue weighted by Crippen LogP contribution is -2.28. The number of hydrogen-bond donors (Lipinski definition) is 2. The number of carbonyl (C=O) groups is 4. The molecule has 0 spiro atoms. The standard InChI is InChI=1S/C11H15NO7/c1-18-10(16)4-5-11(17)19-7-6-12-8(13)2-3-9(14)15/h4-5H,2-3,6-7H2,1H3,(H,12,13)(H,14,15)/b5-4+. The molecule has 8 heteroatoms. The quantitative estimate of drug-likeness (QED) is 0.339. The number of amides is 1. The average Bonchev–Trinajstić information content (AvgIpc) is 2.38. The van der Waals surface area contributed by atoms with E-state index in [4.69, 9.17) is 5.11 Å². The van der Waals surface area contributed by atoms with Gasteiger partial charge in [-0.15, -0.1) is 0 Å². The van der Waals surface area contributed by atoms with Crippen molar-refractivity contribution in [2.75, 3.05) is 20.3 Å². The van der Waals surface area contributed by atoms with Gasteiger partial charge < -0.3 is 19.9 Å². The Labute approximate surface area is 109 Å². The Balaban J connectivity index is 3.66. The molecule has 0 aliphatic carbocycles. The fourth-order valence-electron chi connectivity index (χ4n) is 0.903. The Kier molecular flexibility index (Phi) is 8.42. The van der Waals surface area contributed by atoms with Gasteiger partial charge in [-0.05, 0) is 0 Å². The Morgan fingerprint density at radius 1 is 1.11 bits per heavy atom. The van der Waals surface area contributed by atoms with Gasteiger partial charge in [-0.3, -0.25) is 9.59 Å². The summed E-state index contributed by atoms with van der Waals surface area (Å²) in [5.74, 6) is -2.93. The zero-order valence-corrected chi connectivity index (χ0v) is 10.4. The van der Waals surface area contributed by atoms with Gasteiger partial charge in [0, 0.05) is 18.6 Å². The number of ether oxygens (including phenoxy) is 2. The molecule has 0 saturated heterocycles. The minimum Gasteiger partial charge on any atom is -0.481 e. The van der Waals surface area contributed by atoms with Crippen molar-refractivity contribution in [3.63, 3.8) is 0 Å². The van der Waals surface area contributed by atoms with Crippen LogP contribution in [-0.4, -0.2) is 49.2 Å². The SMILES string of the molecule is COC(=O)/C=C/C(=O)OCCNC(=O)CCC(=O)O. The zero-order valence-electron chi connectivity index (χ0n) is 10.4. The fraction of sp³-hybridized carbons (Fsp3) is 0.455. The van der Waals surface area contributed by atoms with Crippen LogP contribution in [0.4, 0.5) is 0 Å². The molecule has 1 amide bonds. The maximum atomic E-state index is 11.1. The van der Waals surface area contributed by atoms with E-state index in [0.29, 0.717) is 0 Å². The third-order valence-electron chi connectivity index (χ3n) is 1.79. The maximum Gasteiger partial charge on any atom is 0.331 e. The van der Waals surface area contributed by atoms with Crippen molar-refractivity contribution < 1.29 is 33.8 Å². The summed E-state index contributed by atoms with van der Waals surface area (Å²) in [5.41, 5.74) is 0. The lowest BCUT2D eigenvalue weighted by molar-refractivity contribution is -0.139. The molecule has 2 N–H and O–H groups in total. The van der Waals surface area contributed by atoms with Crippen LogP contribution >= 0.6 is 0 Å². The smallest absolute Gasteiger partial charge is 0.331 e. The van der Waals surface area contributed by atoms with Crippen molar-refractivity contribution >= 4 is 23.8 Å². The lowest BCUT2D eigenvalue weighted by atomic mass is 10.3. The largest absolute Gasteiger partial charge is 0.481 e. The minimum atomic E-state index is -1.06. The van der Waals surface area contributed by atoms with Gasteiger partial charge in [-0.1, -0.05) is 0 Å². The topological polar surface area (TPSA) is 119 Å². The van der Waals surface area contributed by atoms with E-state index in [2.05, 4.69) is 14.8 Å². The Hall–Kier alpha value is -2.38. The van der Waals surface area contributed by atoms with Crippen LogP contribution in [0.15, 0.2) is 12.2 Å². The first-order valence-corrected chi connectivity index (χ1v) is 5.37. The van der Waals surface area contributed by atoms with Crippen LogP contribution < -0.4 is 5.32 Å². The zero-order chi connectivity index (χ0) is 14.7. The van der Waals surface area contributed by atoms with E-state index in [-0.39, 0.29) is 26.0 Å². The molecule has 106 valence electrons. The number of esters is 2. The molecule has 0 aromatic heterocycles. The van der Waals surface area contributed by atoms with Crippen LogP contribution in [0.5, 0.6) is 0 Å². The van der Waals surface area contributed by atoms with Crippen molar-refractivity contribution in [3.05, 3.63) is 12.2 Å². The Morgan fingerprint density at radius 2 is 1.74 bits per heavy atom. The predicted molar refractivity (Wildman–Crippen MR) is 62.0 cm³/mol. The van der Waals surface area contributed by atoms with Crippen LogP contribution in [-0.2, 0) is 28.7 Å². The lowest BCUT2D eigenvalue weighted by Gasteiger charge is -2.04. The fourth-order valence-corrected chi connectivity index (χ4v) is 0.903. The van der Waals surface area contributed by atoms with E-state index in [1.165, 1.54) is 7.11 Å². The van der Waals surface area contributed by atoms with E-state index in [1.54, 1.807) is 0 Å². The molecule has 0 aromatic rings. The molecule has 0 atom stereocenters. The van der Waals surface area contributed by atoms with Crippen molar-refractivity contribution in [2.45, 2.75) is 12.8 Å². The van der Waals surface area contributed by atoms with E-state index in [1.807, 2.05) is 0 Å². The summed E-state index contributed by atoms with van der Waals surface area (Å²) >= 11 is 0. The number of aliphatic carboxylic acids is 1. The molecule has 0 unspecified atom stereocenters. The normalized spacial score (nSPS) is 9.95. The summed E-state index contributed by atoms with van der Waals surface area (Å²) in [6.45, 7) is -0.0145. The van der Waals surface area contributed by atoms with Gasteiger partial charge in [0.1, 0.15) is 6.61 Å². The summed E-state index contributed by atoms with van der Waals surface area (Å²) in [6, 6.07) is 0. The molecule has 0 fully saturated rings. The molecule has 0 aliphatic rings. The van der Waals surface area contributed by atoms with E-state index in [9.17, 15) is 19.2 Å². The van der Waals surface area contributed by atoms with Crippen molar-refractivity contribution in [1.82, 2.24) is 5.32 Å². The highest BCUT2D eigenvalue weighted by Crippen LogP contribution is 1.88. The van der Waals surface area contributed by atoms with Crippen LogP contribution in [0, 0.1) is 0 Å². The third kappa shape index (κ3) is 10.5. The Morgan fingerprint density at radius 3 is 2.32 bits per heavy atom. The first-order valence-electron chi connectivity index (χ1n) is 5.37. The number of nitrogens with one attached hydrogen (secondary N) is 1. The molecule has 19 heavy (non-hydrogen) atoms. The summed E-state index contributed by atoms with van der Waals surface area (Å²) in [4.78, 5) is 42.9. The number of methoxy groups -OCH3 is 1. The minimum absolute atomic E-state index is 0.0657. The van der Waals surface area contributed by atoms with E-state index < -0.39 is 23.8 Å². The van der Waals surface area contributed by atoms with Gasteiger partial charge in [0.15, 0.2) is 0 Å². The Bertz CT molecular complexity index is 375. The van der Waals surface area contributed by atoms with Gasteiger partial charge in [-0.2, -0.15) is 0 Å². The van der Waals surface area contributed by atoms with Crippen LogP contribution in [0.3, 0.4) is 0 Å². The first-order chi connectivity index (χ1) is 8.95. The number of carboxylic acid groups (broad SMARTS) is 1. The molecule has 0 bridgehead atoms. The second kappa shape index (κ2) is 9.63. The highest BCUT2D eigenvalue weighted by atomic mass is 16.5. The molecule has 0 radical (unpaired) electrons. The van der Waals surface area contributed by atoms with Crippen molar-refractivity contribution in [1.29, 1.82) is 0 Å². The number of rotatable bonds is 8. The molecule has 0 aliphatic heterocycles. The third-order valence-corrected chi connectivity index (χ3v) is 1.79. The number of hydrogen-bond acceptors (Lipinski definition) is 6. The molecule has 0 rings (SSSR count). The highest BCUT2D eigenvalue weighted by Gasteiger charge is 2.05. The summed E-state index contributed by atoms with van der Waals surface area (Å²) < 4.78 is 8.91. The summed E-state index contributed by atoms with van der Waals surface area (Å²) in [6.07, 6.45) is 1.42. The van der Waals surface area contributed by atoms with Gasteiger partial charge in [0.2, 0.25) is 5.91 Å². The van der Waals surface area contributed by atoms with Crippen molar-refractivity contribution in [2.24, 2.45) is 0 Å². The second-order valence-corrected chi connectivity index (χ2v) is 3.27. The summed E-state index contributed by atoms with van der Waals surface area (Å²) in [5, 5.41) is 10.7. The second-order valence-electron chi connectivity index (χ2n) is 3.27. The van der Waals surface area contributed by atoms with Crippen LogP contribution in [0.1, 0.15) is 12.8 Å². The first kappa shape index (κ1) is 16.6. The molecule has 8 nitrogen and oxygen atoms in total. The van der Waals surface area contributed by atoms with E-state index in [0.717, 1.165) is 12.2 Å². The van der Waals surface area contributed by atoms with Gasteiger partial charge in [0.25, 0.3) is 0 Å². The number of carbonyl (C=O) groups excluding carboxylic acids is 3. The molecular weight excluding hydrogens is 258 g/mol. The average molecular weight is 273 g/mol. The molecular formula is C11H15NO7. The molecule has 0 heterocycles. The monoisotopic (exact) mass is 273 g/mol. The van der Waals surface area contributed by atoms with E-state index >= 15 is 0 Å². The highest BCUT2D eigenvalue weighted by molar-refractivity contribution is 5.91. The van der Waals surface area contributed by atoms with Crippen LogP contribution in [0.2, 0.25) is 0 Å². The van der Waals surface area contributed by atoms with Crippen LogP contribution in [0.25, 0.3) is 0 Å².